The lowest BCUT2D eigenvalue weighted by Crippen LogP contribution is -2.53. The zero-order valence-corrected chi connectivity index (χ0v) is 35.8. The minimum Gasteiger partial charge on any atom is -0.394 e. The van der Waals surface area contributed by atoms with Gasteiger partial charge in [0.1, 0.15) is 6.10 Å². The molecule has 1 heterocycles. The Morgan fingerprint density at radius 3 is 1.40 bits per heavy atom. The summed E-state index contributed by atoms with van der Waals surface area (Å²) < 4.78 is 12.1. The standard InChI is InChI=1S/C53H57NO6/c1-6-8-10-12-14-16-18-20-21-22-23-24-25-26-27-28-29-30-32-34-36-38-40-42-51(57)54-48(44-59-53-47(5)45(3)46(4)50(43-55)60-53)52(58)49(56)41-39-37-35-33-31-19-17-15-13-11-9-7-2/h45-50,52-53,55-56,58H,7,9,11,13,15,17,19,31,33,35,37,39,41,43-44H2,1-5H3,(H,54,57)/t45-,46-,47?,48-,49+,50?,52-,53-/m0/s1. The van der Waals surface area contributed by atoms with Crippen LogP contribution in [0.4, 0.5) is 0 Å². The number of aliphatic hydroxyl groups is 3. The monoisotopic (exact) mass is 803 g/mol. The van der Waals surface area contributed by atoms with Crippen molar-refractivity contribution in [3.8, 4) is 142 Å². The van der Waals surface area contributed by atoms with Gasteiger partial charge in [-0.2, -0.15) is 0 Å². The van der Waals surface area contributed by atoms with Crippen molar-refractivity contribution in [1.29, 1.82) is 0 Å². The minimum atomic E-state index is -1.31. The zero-order valence-electron chi connectivity index (χ0n) is 35.8. The van der Waals surface area contributed by atoms with E-state index in [1.807, 2.05) is 13.8 Å². The van der Waals surface area contributed by atoms with Crippen LogP contribution in [-0.2, 0) is 14.3 Å². The number of hydrogen-bond acceptors (Lipinski definition) is 6. The lowest BCUT2D eigenvalue weighted by atomic mass is 9.79. The highest BCUT2D eigenvalue weighted by Crippen LogP contribution is 2.35. The van der Waals surface area contributed by atoms with Crippen LogP contribution in [0, 0.1) is 160 Å². The van der Waals surface area contributed by atoms with Crippen LogP contribution in [0.3, 0.4) is 0 Å². The third-order valence-electron chi connectivity index (χ3n) is 9.69. The van der Waals surface area contributed by atoms with Crippen LogP contribution in [0.2, 0.25) is 0 Å². The predicted molar refractivity (Wildman–Crippen MR) is 238 cm³/mol. The van der Waals surface area contributed by atoms with E-state index in [1.165, 1.54) is 51.4 Å². The molecule has 0 radical (unpaired) electrons. The first-order chi connectivity index (χ1) is 29.3. The quantitative estimate of drug-likeness (QED) is 0.102. The Balaban J connectivity index is 2.73. The molecule has 4 N–H and O–H groups in total. The van der Waals surface area contributed by atoms with E-state index in [1.54, 1.807) is 6.92 Å². The second-order valence-electron chi connectivity index (χ2n) is 14.1. The van der Waals surface area contributed by atoms with Gasteiger partial charge < -0.3 is 30.1 Å². The SMILES string of the molecule is CC#CC#CC#CC#CC#CC#CC#CC#CC#CC#CC#CC#CC(=O)N[C@@H](CO[C@H]1OC(CO)[C@@H](C)[C@H](C)C1C)[C@H](O)[C@H](O)CCCCCCCCCCCCCC. The summed E-state index contributed by atoms with van der Waals surface area (Å²) in [6.07, 6.45) is 11.2. The van der Waals surface area contributed by atoms with Gasteiger partial charge in [-0.1, -0.05) is 111 Å². The molecule has 0 spiro atoms. The summed E-state index contributed by atoms with van der Waals surface area (Å²) in [5.74, 6) is 59.8. The van der Waals surface area contributed by atoms with Crippen molar-refractivity contribution in [2.24, 2.45) is 17.8 Å². The van der Waals surface area contributed by atoms with Gasteiger partial charge in [-0.05, 0) is 120 Å². The van der Waals surface area contributed by atoms with Crippen LogP contribution >= 0.6 is 0 Å². The molecule has 1 rings (SSSR count). The number of carbonyl (C=O) groups is 1. The molecule has 0 aromatic rings. The van der Waals surface area contributed by atoms with E-state index < -0.39 is 36.6 Å². The molecule has 310 valence electrons. The van der Waals surface area contributed by atoms with Crippen molar-refractivity contribution in [3.05, 3.63) is 0 Å². The second-order valence-corrected chi connectivity index (χ2v) is 14.1. The van der Waals surface area contributed by atoms with Gasteiger partial charge in [-0.15, -0.1) is 0 Å². The van der Waals surface area contributed by atoms with Crippen LogP contribution in [0.1, 0.15) is 118 Å². The lowest BCUT2D eigenvalue weighted by molar-refractivity contribution is -0.257. The number of amides is 1. The summed E-state index contributed by atoms with van der Waals surface area (Å²) in [6, 6.07) is -0.977. The molecule has 7 heteroatoms. The first kappa shape index (κ1) is 52.0. The van der Waals surface area contributed by atoms with Gasteiger partial charge in [0.2, 0.25) is 0 Å². The second kappa shape index (κ2) is 36.1. The molecule has 0 saturated carbocycles. The summed E-state index contributed by atoms with van der Waals surface area (Å²) in [7, 11) is 0. The van der Waals surface area contributed by atoms with Gasteiger partial charge in [0.25, 0.3) is 5.91 Å². The molecule has 60 heavy (non-hydrogen) atoms. The Morgan fingerprint density at radius 1 is 0.583 bits per heavy atom. The number of rotatable bonds is 20. The molecular weight excluding hydrogens is 747 g/mol. The molecule has 0 aromatic heterocycles. The molecule has 0 aromatic carbocycles. The number of hydrogen-bond donors (Lipinski definition) is 4. The summed E-state index contributed by atoms with van der Waals surface area (Å²) in [5, 5.41) is 34.6. The summed E-state index contributed by atoms with van der Waals surface area (Å²) in [5.41, 5.74) is 0. The maximum atomic E-state index is 12.8. The Hall–Kier alpha value is -6.01. The number of unbranched alkanes of at least 4 members (excludes halogenated alkanes) is 11. The Kier molecular flexibility index (Phi) is 31.3. The van der Waals surface area contributed by atoms with E-state index in [2.05, 4.69) is 161 Å². The number of nitrogens with one attached hydrogen (secondary N) is 1. The third-order valence-corrected chi connectivity index (χ3v) is 9.69. The largest absolute Gasteiger partial charge is 0.394 e. The maximum absolute atomic E-state index is 12.8. The normalized spacial score (nSPS) is 17.8. The topological polar surface area (TPSA) is 108 Å². The van der Waals surface area contributed by atoms with Crippen molar-refractivity contribution in [2.45, 2.75) is 149 Å². The Bertz CT molecular complexity index is 2130. The Morgan fingerprint density at radius 2 is 0.983 bits per heavy atom. The molecular formula is C53H57NO6. The summed E-state index contributed by atoms with van der Waals surface area (Å²) >= 11 is 0. The fourth-order valence-electron chi connectivity index (χ4n) is 5.92. The molecule has 1 saturated heterocycles. The van der Waals surface area contributed by atoms with Crippen LogP contribution < -0.4 is 5.32 Å². The van der Waals surface area contributed by atoms with Crippen molar-refractivity contribution in [2.75, 3.05) is 13.2 Å². The highest BCUT2D eigenvalue weighted by atomic mass is 16.7. The highest BCUT2D eigenvalue weighted by molar-refractivity contribution is 5.94. The number of carbonyl (C=O) groups excluding carboxylic acids is 1. The molecule has 1 fully saturated rings. The molecule has 8 atom stereocenters. The Labute approximate surface area is 361 Å². The summed E-state index contributed by atoms with van der Waals surface area (Å²) in [4.78, 5) is 12.8. The maximum Gasteiger partial charge on any atom is 0.297 e. The first-order valence-corrected chi connectivity index (χ1v) is 20.7. The van der Waals surface area contributed by atoms with Gasteiger partial charge >= 0.3 is 0 Å². The lowest BCUT2D eigenvalue weighted by Gasteiger charge is -2.43. The smallest absolute Gasteiger partial charge is 0.297 e. The van der Waals surface area contributed by atoms with Gasteiger partial charge in [-0.3, -0.25) is 4.79 Å². The van der Waals surface area contributed by atoms with Gasteiger partial charge in [0, 0.05) is 47.4 Å². The van der Waals surface area contributed by atoms with Gasteiger partial charge in [0.05, 0.1) is 31.5 Å². The zero-order chi connectivity index (χ0) is 43.9. The molecule has 0 aliphatic carbocycles. The van der Waals surface area contributed by atoms with E-state index in [4.69, 9.17) is 9.47 Å². The van der Waals surface area contributed by atoms with E-state index in [0.29, 0.717) is 6.42 Å². The van der Waals surface area contributed by atoms with Crippen molar-refractivity contribution < 1.29 is 29.6 Å². The highest BCUT2D eigenvalue weighted by Gasteiger charge is 2.40. The van der Waals surface area contributed by atoms with E-state index in [-0.39, 0.29) is 31.0 Å². The molecule has 1 aliphatic rings. The van der Waals surface area contributed by atoms with Gasteiger partial charge in [0.15, 0.2) is 6.29 Å². The third kappa shape index (κ3) is 26.1. The van der Waals surface area contributed by atoms with Crippen LogP contribution in [-0.4, -0.2) is 65.1 Å². The van der Waals surface area contributed by atoms with Crippen molar-refractivity contribution in [1.82, 2.24) is 5.32 Å². The van der Waals surface area contributed by atoms with E-state index in [9.17, 15) is 20.1 Å². The average molecular weight is 804 g/mol. The fourth-order valence-corrected chi connectivity index (χ4v) is 5.92. The number of aliphatic hydroxyl groups excluding tert-OH is 3. The first-order valence-electron chi connectivity index (χ1n) is 20.7. The number of ether oxygens (including phenoxy) is 2. The molecule has 7 nitrogen and oxygen atoms in total. The fraction of sp³-hybridized carbons (Fsp3) is 0.528. The minimum absolute atomic E-state index is 0.00769. The van der Waals surface area contributed by atoms with E-state index in [0.717, 1.165) is 25.7 Å². The van der Waals surface area contributed by atoms with Crippen LogP contribution in [0.5, 0.6) is 0 Å². The predicted octanol–water partition coefficient (Wildman–Crippen LogP) is 4.99. The molecule has 2 unspecified atom stereocenters. The van der Waals surface area contributed by atoms with Crippen molar-refractivity contribution >= 4 is 5.91 Å². The molecule has 1 amide bonds. The van der Waals surface area contributed by atoms with Crippen LogP contribution in [0.25, 0.3) is 0 Å². The van der Waals surface area contributed by atoms with Crippen LogP contribution in [0.15, 0.2) is 0 Å². The average Bonchev–Trinajstić information content (AvgIpc) is 3.25. The van der Waals surface area contributed by atoms with Crippen molar-refractivity contribution in [3.63, 3.8) is 0 Å². The van der Waals surface area contributed by atoms with Gasteiger partial charge in [-0.25, -0.2) is 0 Å². The summed E-state index contributed by atoms with van der Waals surface area (Å²) in [6.45, 7) is 9.76. The molecule has 1 aliphatic heterocycles. The van der Waals surface area contributed by atoms with E-state index >= 15 is 0 Å². The molecule has 0 bridgehead atoms.